The zero-order chi connectivity index (χ0) is 27.7. The van der Waals surface area contributed by atoms with Gasteiger partial charge in [0.05, 0.1) is 6.07 Å². The van der Waals surface area contributed by atoms with Gasteiger partial charge in [0.15, 0.2) is 11.9 Å². The molecule has 2 N–H and O–H groups in total. The van der Waals surface area contributed by atoms with Crippen LogP contribution in [0.25, 0.3) is 0 Å². The van der Waals surface area contributed by atoms with Gasteiger partial charge < -0.3 is 14.6 Å². The minimum absolute atomic E-state index is 0.313. The molecule has 5 aromatic rings. The molecule has 0 amide bonds. The number of aromatic nitrogens is 1. The number of nitrogens with zero attached hydrogens (tertiary/aromatic N) is 1. The Morgan fingerprint density at radius 2 is 1.00 bits per heavy atom. The predicted octanol–water partition coefficient (Wildman–Crippen LogP) is 6.94. The van der Waals surface area contributed by atoms with Crippen molar-refractivity contribution in [3.63, 3.8) is 0 Å². The largest absolute Gasteiger partial charge is 0.477 e. The second kappa shape index (κ2) is 13.2. The van der Waals surface area contributed by atoms with E-state index in [0.29, 0.717) is 22.9 Å². The molecule has 202 valence electrons. The van der Waals surface area contributed by atoms with Crippen molar-refractivity contribution in [1.29, 1.82) is 0 Å². The van der Waals surface area contributed by atoms with Crippen molar-refractivity contribution in [2.75, 3.05) is 12.0 Å². The molecule has 0 saturated heterocycles. The van der Waals surface area contributed by atoms with Gasteiger partial charge in [0, 0.05) is 10.5 Å². The summed E-state index contributed by atoms with van der Waals surface area (Å²) in [5.41, 5.74) is 4.16. The van der Waals surface area contributed by atoms with Gasteiger partial charge in [-0.1, -0.05) is 121 Å². The van der Waals surface area contributed by atoms with Crippen LogP contribution in [0.3, 0.4) is 0 Å². The molecule has 5 rings (SSSR count). The molecular formula is C34H32NO4S+. The molecule has 0 unspecified atom stereocenters. The Hall–Kier alpha value is -4.26. The molecule has 1 aromatic heterocycles. The highest BCUT2D eigenvalue weighted by Gasteiger charge is 2.29. The Morgan fingerprint density at radius 3 is 1.38 bits per heavy atom. The van der Waals surface area contributed by atoms with Crippen LogP contribution in [0.4, 0.5) is 0 Å². The van der Waals surface area contributed by atoms with Crippen molar-refractivity contribution in [3.05, 3.63) is 162 Å². The number of aliphatic hydroxyl groups excluding tert-OH is 1. The van der Waals surface area contributed by atoms with E-state index in [2.05, 4.69) is 0 Å². The molecule has 40 heavy (non-hydrogen) atoms. The van der Waals surface area contributed by atoms with Crippen molar-refractivity contribution in [1.82, 2.24) is 0 Å². The number of pyridine rings is 1. The normalized spacial score (nSPS) is 11.9. The lowest BCUT2D eigenvalue weighted by molar-refractivity contribution is -0.911. The molecule has 5 nitrogen and oxygen atoms in total. The highest BCUT2D eigenvalue weighted by Crippen LogP contribution is 2.38. The van der Waals surface area contributed by atoms with Gasteiger partial charge in [0.25, 0.3) is 11.9 Å². The highest BCUT2D eigenvalue weighted by molar-refractivity contribution is 7.98. The molecule has 0 radical (unpaired) electrons. The third kappa shape index (κ3) is 6.47. The number of thioether (sulfide) groups is 1. The molecule has 6 heteroatoms. The van der Waals surface area contributed by atoms with E-state index >= 15 is 0 Å². The SMILES string of the molecule is CSC[C@@H](O)c1cc(OC(c2ccccc2)c2ccccc2)c(OC(c2ccccc2)c2ccccc2)c[n+]1O. The van der Waals surface area contributed by atoms with E-state index < -0.39 is 18.3 Å². The van der Waals surface area contributed by atoms with E-state index in [0.717, 1.165) is 27.0 Å². The highest BCUT2D eigenvalue weighted by atomic mass is 32.2. The van der Waals surface area contributed by atoms with Crippen LogP contribution in [0.1, 0.15) is 46.3 Å². The Balaban J connectivity index is 1.62. The van der Waals surface area contributed by atoms with Crippen molar-refractivity contribution in [2.24, 2.45) is 0 Å². The first-order valence-corrected chi connectivity index (χ1v) is 14.5. The third-order valence-corrected chi connectivity index (χ3v) is 7.24. The van der Waals surface area contributed by atoms with Crippen molar-refractivity contribution in [2.45, 2.75) is 18.3 Å². The Bertz CT molecular complexity index is 1410. The molecule has 0 saturated carbocycles. The van der Waals surface area contributed by atoms with Gasteiger partial charge >= 0.3 is 0 Å². The van der Waals surface area contributed by atoms with Crippen LogP contribution < -0.4 is 14.2 Å². The van der Waals surface area contributed by atoms with Crippen LogP contribution in [-0.2, 0) is 0 Å². The summed E-state index contributed by atoms with van der Waals surface area (Å²) in [7, 11) is 0. The Morgan fingerprint density at radius 1 is 0.625 bits per heavy atom. The monoisotopic (exact) mass is 550 g/mol. The molecule has 0 fully saturated rings. The number of aliphatic hydroxyl groups is 1. The maximum Gasteiger partial charge on any atom is 0.268 e. The van der Waals surface area contributed by atoms with Crippen LogP contribution >= 0.6 is 11.8 Å². The number of ether oxygens (including phenoxy) is 2. The average Bonchev–Trinajstić information content (AvgIpc) is 3.01. The summed E-state index contributed by atoms with van der Waals surface area (Å²) in [6.07, 6.45) is 1.57. The first-order chi connectivity index (χ1) is 19.6. The Labute approximate surface area is 239 Å². The first kappa shape index (κ1) is 27.3. The van der Waals surface area contributed by atoms with Gasteiger partial charge in [-0.3, -0.25) is 5.21 Å². The molecule has 0 aliphatic heterocycles. The fourth-order valence-corrected chi connectivity index (χ4v) is 5.10. The van der Waals surface area contributed by atoms with E-state index in [1.165, 1.54) is 18.0 Å². The van der Waals surface area contributed by atoms with E-state index in [1.807, 2.05) is 128 Å². The minimum Gasteiger partial charge on any atom is -0.477 e. The summed E-state index contributed by atoms with van der Waals surface area (Å²) < 4.78 is 14.3. The van der Waals surface area contributed by atoms with Gasteiger partial charge in [0.1, 0.15) is 12.2 Å². The molecule has 1 heterocycles. The topological polar surface area (TPSA) is 62.8 Å². The maximum atomic E-state index is 10.9. The molecule has 0 aliphatic rings. The second-order valence-electron chi connectivity index (χ2n) is 9.38. The quantitative estimate of drug-likeness (QED) is 0.138. The molecular weight excluding hydrogens is 518 g/mol. The molecule has 4 aromatic carbocycles. The molecule has 0 aliphatic carbocycles. The van der Waals surface area contributed by atoms with Crippen molar-refractivity contribution >= 4 is 11.8 Å². The lowest BCUT2D eigenvalue weighted by Crippen LogP contribution is -2.37. The maximum absolute atomic E-state index is 10.9. The zero-order valence-corrected chi connectivity index (χ0v) is 23.0. The van der Waals surface area contributed by atoms with Gasteiger partial charge in [0.2, 0.25) is 5.75 Å². The van der Waals surface area contributed by atoms with Crippen molar-refractivity contribution in [3.8, 4) is 11.5 Å². The van der Waals surface area contributed by atoms with Crippen LogP contribution in [0, 0.1) is 0 Å². The van der Waals surface area contributed by atoms with Crippen LogP contribution in [0.15, 0.2) is 134 Å². The standard InChI is InChI=1S/C34H32NO4S/c1-40-24-30(36)29-22-31(38-33(25-14-6-2-7-15-25)26-16-8-3-9-17-26)32(23-35(29)37)39-34(27-18-10-4-11-19-27)28-20-12-5-13-21-28/h2-23,30,33-34,36-37H,24H2,1H3/q+1/t30-/m1/s1. The summed E-state index contributed by atoms with van der Waals surface area (Å²) in [6.45, 7) is 0. The van der Waals surface area contributed by atoms with Gasteiger partial charge in [-0.25, -0.2) is 0 Å². The second-order valence-corrected chi connectivity index (χ2v) is 10.3. The van der Waals surface area contributed by atoms with E-state index in [1.54, 1.807) is 6.07 Å². The van der Waals surface area contributed by atoms with E-state index in [9.17, 15) is 10.3 Å². The summed E-state index contributed by atoms with van der Waals surface area (Å²) in [6, 6.07) is 41.5. The zero-order valence-electron chi connectivity index (χ0n) is 22.2. The smallest absolute Gasteiger partial charge is 0.268 e. The number of hydrogen-bond donors (Lipinski definition) is 2. The summed E-state index contributed by atoms with van der Waals surface area (Å²) in [4.78, 5) is 0. The lowest BCUT2D eigenvalue weighted by Gasteiger charge is -2.24. The lowest BCUT2D eigenvalue weighted by atomic mass is 10.0. The average molecular weight is 551 g/mol. The van der Waals surface area contributed by atoms with Gasteiger partial charge in [-0.05, 0) is 28.5 Å². The minimum atomic E-state index is -0.901. The molecule has 1 atom stereocenters. The van der Waals surface area contributed by atoms with Crippen LogP contribution in [-0.4, -0.2) is 22.3 Å². The predicted molar refractivity (Wildman–Crippen MR) is 158 cm³/mol. The summed E-state index contributed by atoms with van der Waals surface area (Å²) in [5, 5.41) is 21.8. The first-order valence-electron chi connectivity index (χ1n) is 13.1. The fourth-order valence-electron chi connectivity index (χ4n) is 4.62. The van der Waals surface area contributed by atoms with Gasteiger partial charge in [-0.15, -0.1) is 0 Å². The summed E-state index contributed by atoms with van der Waals surface area (Å²) in [5.74, 6) is 1.17. The van der Waals surface area contributed by atoms with Crippen molar-refractivity contribution < 1.29 is 24.5 Å². The Kier molecular flexibility index (Phi) is 9.01. The number of hydrogen-bond acceptors (Lipinski definition) is 5. The number of rotatable bonds is 11. The van der Waals surface area contributed by atoms with E-state index in [-0.39, 0.29) is 0 Å². The van der Waals surface area contributed by atoms with E-state index in [4.69, 9.17) is 9.47 Å². The fraction of sp³-hybridized carbons (Fsp3) is 0.147. The number of benzene rings is 4. The van der Waals surface area contributed by atoms with Gasteiger partial charge in [-0.2, -0.15) is 11.8 Å². The molecule has 0 spiro atoms. The third-order valence-electron chi connectivity index (χ3n) is 6.59. The van der Waals surface area contributed by atoms with Crippen LogP contribution in [0.5, 0.6) is 11.5 Å². The molecule has 0 bridgehead atoms. The summed E-state index contributed by atoms with van der Waals surface area (Å²) >= 11 is 1.49. The van der Waals surface area contributed by atoms with Crippen LogP contribution in [0.2, 0.25) is 0 Å².